The van der Waals surface area contributed by atoms with Gasteiger partial charge in [0.2, 0.25) is 0 Å². The average molecular weight is 132 g/mol. The largest absolute Gasteiger partial charge is 0.232 e. The Labute approximate surface area is 59.3 Å². The summed E-state index contributed by atoms with van der Waals surface area (Å²) < 4.78 is 0. The maximum absolute atomic E-state index is 10.4. The van der Waals surface area contributed by atoms with E-state index in [9.17, 15) is 5.11 Å². The van der Waals surface area contributed by atoms with Crippen molar-refractivity contribution in [2.75, 3.05) is 0 Å². The Morgan fingerprint density at radius 2 is 2.10 bits per heavy atom. The molecule has 1 radical (unpaired) electrons. The third-order valence-corrected chi connectivity index (χ3v) is 1.29. The normalized spacial score (nSPS) is 8.80. The van der Waals surface area contributed by atoms with Gasteiger partial charge in [-0.2, -0.15) is 5.26 Å². The van der Waals surface area contributed by atoms with Gasteiger partial charge in [0.05, 0.1) is 11.6 Å². The van der Waals surface area contributed by atoms with E-state index < -0.39 is 0 Å². The van der Waals surface area contributed by atoms with Crippen LogP contribution in [-0.4, -0.2) is 0 Å². The predicted molar refractivity (Wildman–Crippen MR) is 35.5 cm³/mol. The van der Waals surface area contributed by atoms with Crippen LogP contribution in [0.2, 0.25) is 0 Å². The molecule has 2 heteroatoms. The van der Waals surface area contributed by atoms with Gasteiger partial charge in [-0.1, -0.05) is 18.2 Å². The van der Waals surface area contributed by atoms with Crippen molar-refractivity contribution in [2.45, 2.75) is 6.61 Å². The summed E-state index contributed by atoms with van der Waals surface area (Å²) >= 11 is 0. The molecule has 0 aromatic heterocycles. The fourth-order valence-corrected chi connectivity index (χ4v) is 0.755. The first-order valence-electron chi connectivity index (χ1n) is 2.94. The summed E-state index contributed by atoms with van der Waals surface area (Å²) in [7, 11) is 0. The molecule has 0 saturated heterocycles. The van der Waals surface area contributed by atoms with E-state index in [4.69, 9.17) is 5.26 Å². The van der Waals surface area contributed by atoms with Crippen LogP contribution in [-0.2, 0) is 11.7 Å². The van der Waals surface area contributed by atoms with Gasteiger partial charge < -0.3 is 0 Å². The molecule has 2 nitrogen and oxygen atoms in total. The molecule has 1 aromatic rings. The van der Waals surface area contributed by atoms with E-state index in [0.717, 1.165) is 0 Å². The van der Waals surface area contributed by atoms with E-state index in [1.807, 2.05) is 6.07 Å². The molecule has 0 atom stereocenters. The second kappa shape index (κ2) is 3.00. The Morgan fingerprint density at radius 1 is 1.40 bits per heavy atom. The first-order chi connectivity index (χ1) is 4.88. The van der Waals surface area contributed by atoms with Crippen LogP contribution in [0.1, 0.15) is 11.1 Å². The van der Waals surface area contributed by atoms with Crippen molar-refractivity contribution in [1.29, 1.82) is 5.26 Å². The van der Waals surface area contributed by atoms with Crippen molar-refractivity contribution in [3.63, 3.8) is 0 Å². The molecule has 0 spiro atoms. The highest BCUT2D eigenvalue weighted by molar-refractivity contribution is 5.36. The Bertz CT molecular complexity index is 262. The minimum Gasteiger partial charge on any atom is -0.232 e. The third kappa shape index (κ3) is 1.15. The van der Waals surface area contributed by atoms with E-state index in [-0.39, 0.29) is 6.61 Å². The van der Waals surface area contributed by atoms with E-state index in [1.54, 1.807) is 24.3 Å². The maximum Gasteiger partial charge on any atom is 0.109 e. The second-order valence-corrected chi connectivity index (χ2v) is 1.91. The Morgan fingerprint density at radius 3 is 2.60 bits per heavy atom. The van der Waals surface area contributed by atoms with Gasteiger partial charge in [-0.15, -0.1) is 0 Å². The summed E-state index contributed by atoms with van der Waals surface area (Å²) in [5.74, 6) is 0. The van der Waals surface area contributed by atoms with Crippen molar-refractivity contribution < 1.29 is 5.11 Å². The Balaban J connectivity index is 3.12. The van der Waals surface area contributed by atoms with Crippen molar-refractivity contribution >= 4 is 0 Å². The third-order valence-electron chi connectivity index (χ3n) is 1.29. The fraction of sp³-hybridized carbons (Fsp3) is 0.125. The molecule has 0 aliphatic rings. The highest BCUT2D eigenvalue weighted by atomic mass is 16.3. The molecule has 1 rings (SSSR count). The van der Waals surface area contributed by atoms with Gasteiger partial charge in [-0.3, -0.25) is 0 Å². The molecular formula is C8H6NO. The molecule has 0 N–H and O–H groups in total. The fourth-order valence-electron chi connectivity index (χ4n) is 0.755. The van der Waals surface area contributed by atoms with E-state index in [0.29, 0.717) is 11.1 Å². The van der Waals surface area contributed by atoms with Crippen molar-refractivity contribution in [3.05, 3.63) is 35.4 Å². The lowest BCUT2D eigenvalue weighted by atomic mass is 10.1. The van der Waals surface area contributed by atoms with E-state index >= 15 is 0 Å². The molecular weight excluding hydrogens is 126 g/mol. The molecule has 0 bridgehead atoms. The summed E-state index contributed by atoms with van der Waals surface area (Å²) in [5.41, 5.74) is 1.06. The van der Waals surface area contributed by atoms with Crippen molar-refractivity contribution in [3.8, 4) is 6.07 Å². The van der Waals surface area contributed by atoms with Crippen LogP contribution in [0.3, 0.4) is 0 Å². The van der Waals surface area contributed by atoms with Gasteiger partial charge in [-0.05, 0) is 11.6 Å². The zero-order valence-electron chi connectivity index (χ0n) is 5.37. The number of hydrogen-bond acceptors (Lipinski definition) is 1. The number of nitrogens with zero attached hydrogens (tertiary/aromatic N) is 1. The standard InChI is InChI=1S/C8H6NO/c9-5-7-3-1-2-4-8(7)6-10/h1-4H,6H2. The second-order valence-electron chi connectivity index (χ2n) is 1.91. The predicted octanol–water partition coefficient (Wildman–Crippen LogP) is 1.49. The highest BCUT2D eigenvalue weighted by Gasteiger charge is 1.96. The summed E-state index contributed by atoms with van der Waals surface area (Å²) in [6, 6.07) is 8.77. The quantitative estimate of drug-likeness (QED) is 0.570. The zero-order chi connectivity index (χ0) is 7.40. The Hall–Kier alpha value is -1.33. The van der Waals surface area contributed by atoms with Gasteiger partial charge in [0.15, 0.2) is 0 Å². The SMILES string of the molecule is N#Cc1ccccc1C[O]. The topological polar surface area (TPSA) is 43.7 Å². The molecule has 0 aliphatic carbocycles. The maximum atomic E-state index is 10.4. The Kier molecular flexibility index (Phi) is 2.03. The monoisotopic (exact) mass is 132 g/mol. The first-order valence-corrected chi connectivity index (χ1v) is 2.94. The molecule has 0 aliphatic heterocycles. The van der Waals surface area contributed by atoms with E-state index in [1.165, 1.54) is 0 Å². The van der Waals surface area contributed by atoms with Crippen LogP contribution in [0.5, 0.6) is 0 Å². The minimum atomic E-state index is -0.316. The van der Waals surface area contributed by atoms with Crippen molar-refractivity contribution in [2.24, 2.45) is 0 Å². The van der Waals surface area contributed by atoms with Gasteiger partial charge in [0.1, 0.15) is 6.61 Å². The molecule has 10 heavy (non-hydrogen) atoms. The van der Waals surface area contributed by atoms with Crippen molar-refractivity contribution in [1.82, 2.24) is 0 Å². The summed E-state index contributed by atoms with van der Waals surface area (Å²) in [4.78, 5) is 0. The molecule has 0 saturated carbocycles. The molecule has 0 unspecified atom stereocenters. The lowest BCUT2D eigenvalue weighted by molar-refractivity contribution is 0.177. The molecule has 0 fully saturated rings. The van der Waals surface area contributed by atoms with Crippen LogP contribution in [0, 0.1) is 11.3 Å². The molecule has 0 heterocycles. The van der Waals surface area contributed by atoms with Crippen LogP contribution in [0.25, 0.3) is 0 Å². The zero-order valence-corrected chi connectivity index (χ0v) is 5.37. The number of nitriles is 1. The van der Waals surface area contributed by atoms with Crippen LogP contribution >= 0.6 is 0 Å². The van der Waals surface area contributed by atoms with Gasteiger partial charge in [0.25, 0.3) is 0 Å². The van der Waals surface area contributed by atoms with Crippen LogP contribution in [0.4, 0.5) is 0 Å². The average Bonchev–Trinajstić information content (AvgIpc) is 2.04. The lowest BCUT2D eigenvalue weighted by Crippen LogP contribution is -1.85. The van der Waals surface area contributed by atoms with Gasteiger partial charge in [-0.25, -0.2) is 5.11 Å². The molecule has 0 amide bonds. The summed E-state index contributed by atoms with van der Waals surface area (Å²) in [6.07, 6.45) is 0. The number of rotatable bonds is 1. The number of benzene rings is 1. The minimum absolute atomic E-state index is 0.316. The molecule has 49 valence electrons. The van der Waals surface area contributed by atoms with E-state index in [2.05, 4.69) is 0 Å². The number of hydrogen-bond donors (Lipinski definition) is 0. The first kappa shape index (κ1) is 6.79. The van der Waals surface area contributed by atoms with Gasteiger partial charge >= 0.3 is 0 Å². The molecule has 1 aromatic carbocycles. The van der Waals surface area contributed by atoms with Gasteiger partial charge in [0, 0.05) is 0 Å². The summed E-state index contributed by atoms with van der Waals surface area (Å²) in [6.45, 7) is -0.316. The van der Waals surface area contributed by atoms with Crippen LogP contribution < -0.4 is 0 Å². The van der Waals surface area contributed by atoms with Crippen LogP contribution in [0.15, 0.2) is 24.3 Å². The highest BCUT2D eigenvalue weighted by Crippen LogP contribution is 2.05. The lowest BCUT2D eigenvalue weighted by Gasteiger charge is -1.94. The smallest absolute Gasteiger partial charge is 0.109 e. The summed E-state index contributed by atoms with van der Waals surface area (Å²) in [5, 5.41) is 18.8.